The number of aromatic nitrogens is 1. The van der Waals surface area contributed by atoms with E-state index in [4.69, 9.17) is 0 Å². The highest BCUT2D eigenvalue weighted by molar-refractivity contribution is 5.21. The van der Waals surface area contributed by atoms with Gasteiger partial charge in [0.05, 0.1) is 6.04 Å². The maximum absolute atomic E-state index is 12.7. The third-order valence-corrected chi connectivity index (χ3v) is 2.66. The number of benzene rings is 1. The zero-order chi connectivity index (χ0) is 10.8. The minimum absolute atomic E-state index is 0.186. The van der Waals surface area contributed by atoms with E-state index in [9.17, 15) is 4.39 Å². The molecule has 1 atom stereocenters. The second kappa shape index (κ2) is 3.89. The van der Waals surface area contributed by atoms with E-state index in [0.29, 0.717) is 0 Å². The van der Waals surface area contributed by atoms with Crippen molar-refractivity contribution in [2.75, 3.05) is 0 Å². The van der Waals surface area contributed by atoms with Crippen molar-refractivity contribution in [3.05, 3.63) is 59.7 Å². The maximum atomic E-state index is 12.7. The summed E-state index contributed by atoms with van der Waals surface area (Å²) < 4.78 is 14.9. The third-order valence-electron chi connectivity index (χ3n) is 2.66. The molecule has 0 aliphatic carbocycles. The molecule has 0 N–H and O–H groups in total. The minimum Gasteiger partial charge on any atom is -0.347 e. The second-order valence-corrected chi connectivity index (χ2v) is 3.86. The van der Waals surface area contributed by atoms with Gasteiger partial charge in [-0.3, -0.25) is 0 Å². The van der Waals surface area contributed by atoms with E-state index in [-0.39, 0.29) is 11.9 Å². The van der Waals surface area contributed by atoms with Gasteiger partial charge < -0.3 is 4.57 Å². The Morgan fingerprint density at radius 1 is 1.13 bits per heavy atom. The zero-order valence-corrected chi connectivity index (χ0v) is 8.94. The topological polar surface area (TPSA) is 4.93 Å². The smallest absolute Gasteiger partial charge is 0.123 e. The molecule has 1 aromatic carbocycles. The first-order chi connectivity index (χ1) is 7.16. The standard InChI is InChI=1S/C13H14FN/c1-10-7-8-15(9-10)11(2)12-3-5-13(14)6-4-12/h3-9,11H,1-2H3. The fourth-order valence-corrected chi connectivity index (χ4v) is 1.68. The molecule has 1 heterocycles. The summed E-state index contributed by atoms with van der Waals surface area (Å²) in [5, 5.41) is 0. The third kappa shape index (κ3) is 2.09. The molecule has 0 aliphatic rings. The summed E-state index contributed by atoms with van der Waals surface area (Å²) in [5.74, 6) is -0.186. The van der Waals surface area contributed by atoms with Crippen LogP contribution in [0, 0.1) is 12.7 Å². The summed E-state index contributed by atoms with van der Waals surface area (Å²) in [6, 6.07) is 8.98. The molecule has 1 aromatic heterocycles. The second-order valence-electron chi connectivity index (χ2n) is 3.86. The Kier molecular flexibility index (Phi) is 2.58. The van der Waals surface area contributed by atoms with Crippen molar-refractivity contribution >= 4 is 0 Å². The van der Waals surface area contributed by atoms with Crippen LogP contribution in [0.5, 0.6) is 0 Å². The molecule has 0 fully saturated rings. The Bertz CT molecular complexity index is 442. The molecule has 0 radical (unpaired) electrons. The highest BCUT2D eigenvalue weighted by Crippen LogP contribution is 2.18. The van der Waals surface area contributed by atoms with Crippen LogP contribution in [-0.4, -0.2) is 4.57 Å². The summed E-state index contributed by atoms with van der Waals surface area (Å²) >= 11 is 0. The SMILES string of the molecule is Cc1ccn(C(C)c2ccc(F)cc2)c1. The monoisotopic (exact) mass is 203 g/mol. The predicted octanol–water partition coefficient (Wildman–Crippen LogP) is 3.54. The number of halogens is 1. The minimum atomic E-state index is -0.186. The lowest BCUT2D eigenvalue weighted by Crippen LogP contribution is -2.03. The molecule has 0 spiro atoms. The highest BCUT2D eigenvalue weighted by Gasteiger charge is 2.06. The Hall–Kier alpha value is -1.57. The molecule has 2 heteroatoms. The number of hydrogen-bond acceptors (Lipinski definition) is 0. The molecular formula is C13H14FN. The predicted molar refractivity (Wildman–Crippen MR) is 59.4 cm³/mol. The molecular weight excluding hydrogens is 189 g/mol. The lowest BCUT2D eigenvalue weighted by atomic mass is 10.1. The summed E-state index contributed by atoms with van der Waals surface area (Å²) in [5.41, 5.74) is 2.36. The Morgan fingerprint density at radius 2 is 1.80 bits per heavy atom. The molecule has 0 aliphatic heterocycles. The van der Waals surface area contributed by atoms with E-state index in [1.807, 2.05) is 18.3 Å². The van der Waals surface area contributed by atoms with Crippen LogP contribution in [0.3, 0.4) is 0 Å². The zero-order valence-electron chi connectivity index (χ0n) is 8.94. The van der Waals surface area contributed by atoms with Crippen molar-refractivity contribution < 1.29 is 4.39 Å². The van der Waals surface area contributed by atoms with Gasteiger partial charge in [-0.2, -0.15) is 0 Å². The van der Waals surface area contributed by atoms with Gasteiger partial charge in [-0.15, -0.1) is 0 Å². The van der Waals surface area contributed by atoms with Crippen LogP contribution in [0.1, 0.15) is 24.1 Å². The Labute approximate surface area is 89.2 Å². The van der Waals surface area contributed by atoms with E-state index in [0.717, 1.165) is 5.56 Å². The molecule has 1 nitrogen and oxygen atoms in total. The first-order valence-corrected chi connectivity index (χ1v) is 5.06. The number of hydrogen-bond donors (Lipinski definition) is 0. The van der Waals surface area contributed by atoms with E-state index >= 15 is 0 Å². The van der Waals surface area contributed by atoms with Crippen LogP contribution in [0.2, 0.25) is 0 Å². The summed E-state index contributed by atoms with van der Waals surface area (Å²) in [6.45, 7) is 4.17. The number of nitrogens with zero attached hydrogens (tertiary/aromatic N) is 1. The van der Waals surface area contributed by atoms with Crippen LogP contribution < -0.4 is 0 Å². The van der Waals surface area contributed by atoms with Crippen LogP contribution >= 0.6 is 0 Å². The molecule has 0 amide bonds. The van der Waals surface area contributed by atoms with Gasteiger partial charge in [0.1, 0.15) is 5.82 Å². The van der Waals surface area contributed by atoms with E-state index in [2.05, 4.69) is 30.7 Å². The van der Waals surface area contributed by atoms with Crippen LogP contribution in [0.25, 0.3) is 0 Å². The van der Waals surface area contributed by atoms with Gasteiger partial charge in [0, 0.05) is 12.4 Å². The van der Waals surface area contributed by atoms with Crippen molar-refractivity contribution in [1.82, 2.24) is 4.57 Å². The molecule has 15 heavy (non-hydrogen) atoms. The molecule has 0 saturated heterocycles. The van der Waals surface area contributed by atoms with Crippen LogP contribution in [0.15, 0.2) is 42.7 Å². The average molecular weight is 203 g/mol. The van der Waals surface area contributed by atoms with E-state index in [1.165, 1.54) is 17.7 Å². The first-order valence-electron chi connectivity index (χ1n) is 5.06. The molecule has 78 valence electrons. The lowest BCUT2D eigenvalue weighted by Gasteiger charge is -2.13. The fourth-order valence-electron chi connectivity index (χ4n) is 1.68. The summed E-state index contributed by atoms with van der Waals surface area (Å²) in [4.78, 5) is 0. The molecule has 0 saturated carbocycles. The number of rotatable bonds is 2. The highest BCUT2D eigenvalue weighted by atomic mass is 19.1. The van der Waals surface area contributed by atoms with Gasteiger partial charge in [-0.05, 0) is 43.2 Å². The van der Waals surface area contributed by atoms with Crippen molar-refractivity contribution in [2.24, 2.45) is 0 Å². The molecule has 0 bridgehead atoms. The van der Waals surface area contributed by atoms with Gasteiger partial charge in [0.2, 0.25) is 0 Å². The maximum Gasteiger partial charge on any atom is 0.123 e. The van der Waals surface area contributed by atoms with Crippen molar-refractivity contribution in [2.45, 2.75) is 19.9 Å². The van der Waals surface area contributed by atoms with Gasteiger partial charge in [0.25, 0.3) is 0 Å². The van der Waals surface area contributed by atoms with Crippen molar-refractivity contribution in [1.29, 1.82) is 0 Å². The van der Waals surface area contributed by atoms with Crippen molar-refractivity contribution in [3.63, 3.8) is 0 Å². The normalized spacial score (nSPS) is 12.7. The summed E-state index contributed by atoms with van der Waals surface area (Å²) in [7, 11) is 0. The van der Waals surface area contributed by atoms with E-state index in [1.54, 1.807) is 0 Å². The average Bonchev–Trinajstić information content (AvgIpc) is 2.65. The Balaban J connectivity index is 2.28. The van der Waals surface area contributed by atoms with Crippen LogP contribution in [-0.2, 0) is 0 Å². The quantitative estimate of drug-likeness (QED) is 0.703. The van der Waals surface area contributed by atoms with Crippen molar-refractivity contribution in [3.8, 4) is 0 Å². The van der Waals surface area contributed by atoms with Gasteiger partial charge in [-0.25, -0.2) is 4.39 Å². The fraction of sp³-hybridized carbons (Fsp3) is 0.231. The first kappa shape index (κ1) is 9.97. The molecule has 1 unspecified atom stereocenters. The summed E-state index contributed by atoms with van der Waals surface area (Å²) in [6.07, 6.45) is 4.14. The lowest BCUT2D eigenvalue weighted by molar-refractivity contribution is 0.616. The number of aryl methyl sites for hydroxylation is 1. The molecule has 2 rings (SSSR count). The van der Waals surface area contributed by atoms with Crippen LogP contribution in [0.4, 0.5) is 4.39 Å². The van der Waals surface area contributed by atoms with E-state index < -0.39 is 0 Å². The van der Waals surface area contributed by atoms with Gasteiger partial charge >= 0.3 is 0 Å². The largest absolute Gasteiger partial charge is 0.347 e. The Morgan fingerprint density at radius 3 is 2.33 bits per heavy atom. The van der Waals surface area contributed by atoms with Gasteiger partial charge in [0.15, 0.2) is 0 Å². The molecule has 2 aromatic rings. The van der Waals surface area contributed by atoms with Gasteiger partial charge in [-0.1, -0.05) is 12.1 Å².